The molecule has 2 rings (SSSR count). The fourth-order valence-electron chi connectivity index (χ4n) is 1.38. The van der Waals surface area contributed by atoms with E-state index >= 15 is 0 Å². The molecule has 0 spiro atoms. The van der Waals surface area contributed by atoms with E-state index in [1.54, 1.807) is 11.3 Å². The van der Waals surface area contributed by atoms with E-state index in [1.807, 2.05) is 19.1 Å². The lowest BCUT2D eigenvalue weighted by molar-refractivity contribution is 0.0955. The van der Waals surface area contributed by atoms with Crippen LogP contribution in [0, 0.1) is 0 Å². The molecule has 0 bridgehead atoms. The predicted octanol–water partition coefficient (Wildman–Crippen LogP) is 3.37. The van der Waals surface area contributed by atoms with Crippen molar-refractivity contribution in [1.29, 1.82) is 0 Å². The maximum atomic E-state index is 11.8. The van der Waals surface area contributed by atoms with Crippen molar-refractivity contribution in [2.24, 2.45) is 5.10 Å². The third-order valence-corrected chi connectivity index (χ3v) is 4.12. The van der Waals surface area contributed by atoms with Gasteiger partial charge >= 0.3 is 0 Å². The second-order valence-electron chi connectivity index (χ2n) is 3.79. The van der Waals surface area contributed by atoms with Crippen molar-refractivity contribution in [3.63, 3.8) is 0 Å². The first kappa shape index (κ1) is 13.8. The standard InChI is InChI=1S/C13H11BrN2O2S/c1-8(11-6-7-12(14)19-11)15-16-13(18)9-2-4-10(17)5-3-9/h2-7,17H,1H3,(H,16,18)/b15-8-. The second-order valence-corrected chi connectivity index (χ2v) is 6.25. The van der Waals surface area contributed by atoms with Crippen molar-refractivity contribution in [3.8, 4) is 5.75 Å². The normalized spacial score (nSPS) is 11.4. The number of rotatable bonds is 3. The lowest BCUT2D eigenvalue weighted by Gasteiger charge is -2.01. The van der Waals surface area contributed by atoms with Gasteiger partial charge in [0.2, 0.25) is 0 Å². The Morgan fingerprint density at radius 3 is 2.53 bits per heavy atom. The van der Waals surface area contributed by atoms with Crippen LogP contribution in [0.2, 0.25) is 0 Å². The first-order valence-corrected chi connectivity index (χ1v) is 7.06. The molecule has 6 heteroatoms. The van der Waals surface area contributed by atoms with Crippen molar-refractivity contribution in [2.75, 3.05) is 0 Å². The summed E-state index contributed by atoms with van der Waals surface area (Å²) in [5, 5.41) is 13.2. The van der Waals surface area contributed by atoms with Crippen LogP contribution in [0.5, 0.6) is 5.75 Å². The molecule has 1 amide bonds. The number of halogens is 1. The summed E-state index contributed by atoms with van der Waals surface area (Å²) in [5.41, 5.74) is 3.67. The summed E-state index contributed by atoms with van der Waals surface area (Å²) in [6.45, 7) is 1.83. The minimum absolute atomic E-state index is 0.125. The summed E-state index contributed by atoms with van der Waals surface area (Å²) < 4.78 is 1.02. The van der Waals surface area contributed by atoms with Gasteiger partial charge in [0.05, 0.1) is 14.4 Å². The summed E-state index contributed by atoms with van der Waals surface area (Å²) in [5.74, 6) is -0.186. The summed E-state index contributed by atoms with van der Waals surface area (Å²) >= 11 is 4.92. The van der Waals surface area contributed by atoms with E-state index in [0.717, 1.165) is 14.4 Å². The zero-order valence-corrected chi connectivity index (χ0v) is 12.5. The van der Waals surface area contributed by atoms with E-state index in [4.69, 9.17) is 5.11 Å². The van der Waals surface area contributed by atoms with E-state index in [2.05, 4.69) is 26.5 Å². The number of carbonyl (C=O) groups excluding carboxylic acids is 1. The number of hydrogen-bond acceptors (Lipinski definition) is 4. The number of nitrogens with one attached hydrogen (secondary N) is 1. The Labute approximate surface area is 122 Å². The van der Waals surface area contributed by atoms with Crippen LogP contribution in [-0.2, 0) is 0 Å². The maximum Gasteiger partial charge on any atom is 0.271 e. The fourth-order valence-corrected chi connectivity index (χ4v) is 2.71. The lowest BCUT2D eigenvalue weighted by atomic mass is 10.2. The molecule has 4 nitrogen and oxygen atoms in total. The highest BCUT2D eigenvalue weighted by molar-refractivity contribution is 9.11. The Hall–Kier alpha value is -1.66. The van der Waals surface area contributed by atoms with Gasteiger partial charge in [-0.15, -0.1) is 11.3 Å². The molecule has 2 N–H and O–H groups in total. The van der Waals surface area contributed by atoms with E-state index in [-0.39, 0.29) is 11.7 Å². The molecular formula is C13H11BrN2O2S. The van der Waals surface area contributed by atoms with E-state index in [1.165, 1.54) is 24.3 Å². The quantitative estimate of drug-likeness (QED) is 0.665. The summed E-state index contributed by atoms with van der Waals surface area (Å²) in [4.78, 5) is 12.8. The largest absolute Gasteiger partial charge is 0.508 e. The number of hydrogen-bond donors (Lipinski definition) is 2. The summed E-state index contributed by atoms with van der Waals surface area (Å²) in [6, 6.07) is 9.86. The predicted molar refractivity (Wildman–Crippen MR) is 79.8 cm³/mol. The van der Waals surface area contributed by atoms with E-state index in [9.17, 15) is 4.79 Å². The van der Waals surface area contributed by atoms with Crippen LogP contribution in [0.3, 0.4) is 0 Å². The highest BCUT2D eigenvalue weighted by Gasteiger charge is 2.05. The fraction of sp³-hybridized carbons (Fsp3) is 0.0769. The van der Waals surface area contributed by atoms with Gasteiger partial charge in [-0.3, -0.25) is 4.79 Å². The van der Waals surface area contributed by atoms with E-state index in [0.29, 0.717) is 5.56 Å². The van der Waals surface area contributed by atoms with Gasteiger partial charge in [-0.2, -0.15) is 5.10 Å². The average molecular weight is 339 g/mol. The molecule has 0 radical (unpaired) electrons. The third-order valence-electron chi connectivity index (χ3n) is 2.38. The molecule has 2 aromatic rings. The number of benzene rings is 1. The van der Waals surface area contributed by atoms with E-state index < -0.39 is 0 Å². The lowest BCUT2D eigenvalue weighted by Crippen LogP contribution is -2.18. The van der Waals surface area contributed by atoms with Crippen molar-refractivity contribution in [1.82, 2.24) is 5.43 Å². The minimum Gasteiger partial charge on any atom is -0.508 e. The highest BCUT2D eigenvalue weighted by Crippen LogP contribution is 2.22. The van der Waals surface area contributed by atoms with Crippen LogP contribution in [0.15, 0.2) is 45.3 Å². The Morgan fingerprint density at radius 1 is 1.26 bits per heavy atom. The number of nitrogens with zero attached hydrogens (tertiary/aromatic N) is 1. The number of carbonyl (C=O) groups is 1. The van der Waals surface area contributed by atoms with Crippen molar-refractivity contribution in [3.05, 3.63) is 50.6 Å². The zero-order valence-electron chi connectivity index (χ0n) is 10.1. The molecule has 1 aromatic heterocycles. The molecule has 0 unspecified atom stereocenters. The maximum absolute atomic E-state index is 11.8. The number of aromatic hydroxyl groups is 1. The van der Waals surface area contributed by atoms with Crippen molar-refractivity contribution >= 4 is 38.9 Å². The smallest absolute Gasteiger partial charge is 0.271 e. The monoisotopic (exact) mass is 338 g/mol. The van der Waals surface area contributed by atoms with Gasteiger partial charge < -0.3 is 5.11 Å². The molecule has 0 saturated heterocycles. The number of phenolic OH excluding ortho intramolecular Hbond substituents is 1. The molecule has 98 valence electrons. The second kappa shape index (κ2) is 5.99. The summed E-state index contributed by atoms with van der Waals surface area (Å²) in [6.07, 6.45) is 0. The van der Waals surface area contributed by atoms with Crippen LogP contribution >= 0.6 is 27.3 Å². The Balaban J connectivity index is 2.05. The first-order valence-electron chi connectivity index (χ1n) is 5.45. The van der Waals surface area contributed by atoms with Crippen molar-refractivity contribution < 1.29 is 9.90 Å². The van der Waals surface area contributed by atoms with Gasteiger partial charge in [0.1, 0.15) is 5.75 Å². The molecule has 0 aliphatic carbocycles. The molecule has 0 fully saturated rings. The number of phenols is 1. The molecule has 1 aromatic carbocycles. The Bertz CT molecular complexity index is 620. The summed E-state index contributed by atoms with van der Waals surface area (Å²) in [7, 11) is 0. The van der Waals surface area contributed by atoms with Gasteiger partial charge in [-0.1, -0.05) is 0 Å². The van der Waals surface area contributed by atoms with Gasteiger partial charge in [-0.05, 0) is 59.3 Å². The van der Waals surface area contributed by atoms with Gasteiger partial charge in [0.25, 0.3) is 5.91 Å². The Morgan fingerprint density at radius 2 is 1.95 bits per heavy atom. The average Bonchev–Trinajstić information content (AvgIpc) is 2.83. The molecule has 0 aliphatic rings. The third kappa shape index (κ3) is 3.65. The van der Waals surface area contributed by atoms with Crippen LogP contribution in [0.1, 0.15) is 22.2 Å². The highest BCUT2D eigenvalue weighted by atomic mass is 79.9. The number of hydrazone groups is 1. The number of amides is 1. The molecule has 0 saturated carbocycles. The van der Waals surface area contributed by atoms with Gasteiger partial charge in [-0.25, -0.2) is 5.43 Å². The first-order chi connectivity index (χ1) is 9.06. The molecule has 19 heavy (non-hydrogen) atoms. The zero-order chi connectivity index (χ0) is 13.8. The molecule has 1 heterocycles. The van der Waals surface area contributed by atoms with Crippen molar-refractivity contribution in [2.45, 2.75) is 6.92 Å². The van der Waals surface area contributed by atoms with Gasteiger partial charge in [0, 0.05) is 5.56 Å². The van der Waals surface area contributed by atoms with Crippen LogP contribution < -0.4 is 5.43 Å². The molecule has 0 atom stereocenters. The van der Waals surface area contributed by atoms with Crippen LogP contribution in [-0.4, -0.2) is 16.7 Å². The van der Waals surface area contributed by atoms with Crippen LogP contribution in [0.4, 0.5) is 0 Å². The SMILES string of the molecule is C/C(=N/NC(=O)c1ccc(O)cc1)c1ccc(Br)s1. The van der Waals surface area contributed by atoms with Gasteiger partial charge in [0.15, 0.2) is 0 Å². The number of thiophene rings is 1. The Kier molecular flexibility index (Phi) is 4.34. The topological polar surface area (TPSA) is 61.7 Å². The van der Waals surface area contributed by atoms with Crippen LogP contribution in [0.25, 0.3) is 0 Å². The minimum atomic E-state index is -0.310. The molecular weight excluding hydrogens is 328 g/mol. The molecule has 0 aliphatic heterocycles.